The van der Waals surface area contributed by atoms with E-state index < -0.39 is 57.6 Å². The number of allylic oxidation sites excluding steroid dienone is 4. The van der Waals surface area contributed by atoms with E-state index in [-0.39, 0.29) is 12.8 Å². The van der Waals surface area contributed by atoms with Crippen molar-refractivity contribution in [2.24, 2.45) is 0 Å². The Morgan fingerprint density at radius 3 is 1.52 bits per heavy atom. The summed E-state index contributed by atoms with van der Waals surface area (Å²) >= 11 is 0. The average Bonchev–Trinajstić information content (AvgIpc) is 3.11. The van der Waals surface area contributed by atoms with Gasteiger partial charge in [-0.1, -0.05) is 134 Å². The molecule has 11 nitrogen and oxygen atoms in total. The molecule has 0 aromatic rings. The van der Waals surface area contributed by atoms with E-state index in [2.05, 4.69) is 43.5 Å². The Bertz CT molecular complexity index is 989. The lowest BCUT2D eigenvalue weighted by molar-refractivity contribution is -0.147. The number of aliphatic carboxylic acids is 1. The van der Waals surface area contributed by atoms with E-state index in [4.69, 9.17) is 13.8 Å². The van der Waals surface area contributed by atoms with Crippen LogP contribution in [0.3, 0.4) is 0 Å². The summed E-state index contributed by atoms with van der Waals surface area (Å²) < 4.78 is 26.7. The van der Waals surface area contributed by atoms with Crippen molar-refractivity contribution in [1.82, 2.24) is 5.32 Å². The van der Waals surface area contributed by atoms with Gasteiger partial charge in [0.05, 0.1) is 13.2 Å². The van der Waals surface area contributed by atoms with Crippen LogP contribution in [0.1, 0.15) is 181 Å². The van der Waals surface area contributed by atoms with E-state index in [0.29, 0.717) is 12.8 Å². The van der Waals surface area contributed by atoms with Crippen molar-refractivity contribution in [3.8, 4) is 0 Å². The van der Waals surface area contributed by atoms with Crippen LogP contribution in [0, 0.1) is 0 Å². The summed E-state index contributed by atoms with van der Waals surface area (Å²) in [6, 6.07) is -1.55. The molecule has 1 amide bonds. The number of carbonyl (C=O) groups is 3. The predicted octanol–water partition coefficient (Wildman–Crippen LogP) is 9.89. The van der Waals surface area contributed by atoms with Crippen LogP contribution in [0.25, 0.3) is 0 Å². The molecular weight excluding hydrogens is 685 g/mol. The molecule has 3 unspecified atom stereocenters. The van der Waals surface area contributed by atoms with Gasteiger partial charge in [0.15, 0.2) is 6.04 Å². The molecule has 0 fully saturated rings. The molecule has 0 spiro atoms. The molecule has 0 saturated heterocycles. The standard InChI is InChI=1S/C40H74NO10P/c1-3-5-7-9-11-13-15-16-17-18-19-20-22-23-25-27-29-31-38(43)41-37(40(45)46)35-51-52(47,48)50-34-36(42)33-49-39(44)32-30-28-26-24-21-14-12-10-8-6-4-2/h10,12,16-17,36-37,42H,3-9,11,13-15,18-35H2,1-2H3,(H,41,43)(H,45,46)(H,47,48)/b12-10-,17-16-. The molecule has 0 heterocycles. The molecule has 0 aliphatic carbocycles. The maximum atomic E-state index is 12.3. The number of nitrogens with one attached hydrogen (secondary N) is 1. The third-order valence-corrected chi connectivity index (χ3v) is 9.66. The minimum atomic E-state index is -4.75. The second-order valence-corrected chi connectivity index (χ2v) is 15.3. The van der Waals surface area contributed by atoms with Crippen LogP contribution < -0.4 is 5.32 Å². The normalized spacial score (nSPS) is 14.1. The first-order valence-electron chi connectivity index (χ1n) is 20.4. The number of aliphatic hydroxyl groups excluding tert-OH is 1. The Kier molecular flexibility index (Phi) is 34.6. The van der Waals surface area contributed by atoms with Gasteiger partial charge in [-0.3, -0.25) is 18.6 Å². The third kappa shape index (κ3) is 35.0. The highest BCUT2D eigenvalue weighted by atomic mass is 31.2. The van der Waals surface area contributed by atoms with Gasteiger partial charge in [0.25, 0.3) is 0 Å². The third-order valence-electron chi connectivity index (χ3n) is 8.71. The molecule has 0 bridgehead atoms. The zero-order chi connectivity index (χ0) is 38.5. The van der Waals surface area contributed by atoms with E-state index in [1.54, 1.807) is 0 Å². The number of carbonyl (C=O) groups excluding carboxylic acids is 2. The summed E-state index contributed by atoms with van der Waals surface area (Å²) in [5.41, 5.74) is 0. The van der Waals surface area contributed by atoms with Crippen LogP contribution >= 0.6 is 7.82 Å². The van der Waals surface area contributed by atoms with E-state index in [1.807, 2.05) is 0 Å². The highest BCUT2D eigenvalue weighted by molar-refractivity contribution is 7.47. The predicted molar refractivity (Wildman–Crippen MR) is 208 cm³/mol. The van der Waals surface area contributed by atoms with Crippen molar-refractivity contribution in [3.05, 3.63) is 24.3 Å². The fourth-order valence-electron chi connectivity index (χ4n) is 5.47. The summed E-state index contributed by atoms with van der Waals surface area (Å²) in [6.07, 6.45) is 34.9. The number of hydrogen-bond donors (Lipinski definition) is 4. The van der Waals surface area contributed by atoms with Crippen molar-refractivity contribution in [1.29, 1.82) is 0 Å². The number of unbranched alkanes of at least 4 members (excludes halogenated alkanes) is 20. The number of esters is 1. The van der Waals surface area contributed by atoms with Crippen molar-refractivity contribution < 1.29 is 47.8 Å². The van der Waals surface area contributed by atoms with Crippen molar-refractivity contribution >= 4 is 25.7 Å². The summed E-state index contributed by atoms with van der Waals surface area (Å²) in [7, 11) is -4.75. The number of rotatable bonds is 38. The Hall–Kier alpha value is -2.04. The largest absolute Gasteiger partial charge is 0.480 e. The van der Waals surface area contributed by atoms with Gasteiger partial charge in [0, 0.05) is 12.8 Å². The van der Waals surface area contributed by atoms with Crippen LogP contribution in [0.2, 0.25) is 0 Å². The molecular formula is C40H74NO10P. The maximum Gasteiger partial charge on any atom is 0.472 e. The quantitative estimate of drug-likeness (QED) is 0.0206. The Labute approximate surface area is 315 Å². The summed E-state index contributed by atoms with van der Waals surface area (Å²) in [4.78, 5) is 45.7. The van der Waals surface area contributed by atoms with Gasteiger partial charge in [0.2, 0.25) is 5.91 Å². The number of ether oxygens (including phenoxy) is 1. The van der Waals surface area contributed by atoms with E-state index in [9.17, 15) is 34.1 Å². The molecule has 4 N–H and O–H groups in total. The minimum Gasteiger partial charge on any atom is -0.480 e. The molecule has 0 aliphatic rings. The van der Waals surface area contributed by atoms with Crippen LogP contribution in [0.15, 0.2) is 24.3 Å². The van der Waals surface area contributed by atoms with Crippen molar-refractivity contribution in [2.45, 2.75) is 193 Å². The van der Waals surface area contributed by atoms with Gasteiger partial charge in [-0.2, -0.15) is 0 Å². The van der Waals surface area contributed by atoms with Gasteiger partial charge >= 0.3 is 19.8 Å². The summed E-state index contributed by atoms with van der Waals surface area (Å²) in [6.45, 7) is 2.52. The van der Waals surface area contributed by atoms with E-state index in [0.717, 1.165) is 70.6 Å². The molecule has 0 radical (unpaired) electrons. The Morgan fingerprint density at radius 2 is 1.02 bits per heavy atom. The average molecular weight is 760 g/mol. The number of carboxylic acids is 1. The van der Waals surface area contributed by atoms with Gasteiger partial charge in [-0.15, -0.1) is 0 Å². The molecule has 0 aromatic carbocycles. The van der Waals surface area contributed by atoms with E-state index in [1.165, 1.54) is 70.6 Å². The van der Waals surface area contributed by atoms with Crippen molar-refractivity contribution in [2.75, 3.05) is 19.8 Å². The van der Waals surface area contributed by atoms with Gasteiger partial charge in [-0.05, 0) is 57.8 Å². The number of carboxylic acid groups (broad SMARTS) is 1. The fraction of sp³-hybridized carbons (Fsp3) is 0.825. The van der Waals surface area contributed by atoms with Crippen molar-refractivity contribution in [3.63, 3.8) is 0 Å². The molecule has 3 atom stereocenters. The van der Waals surface area contributed by atoms with Gasteiger partial charge in [-0.25, -0.2) is 9.36 Å². The van der Waals surface area contributed by atoms with Crippen LogP contribution in [-0.2, 0) is 32.7 Å². The minimum absolute atomic E-state index is 0.141. The molecule has 304 valence electrons. The van der Waals surface area contributed by atoms with Crippen LogP contribution in [0.5, 0.6) is 0 Å². The number of phosphoric acid groups is 1. The molecule has 0 aromatic heterocycles. The lowest BCUT2D eigenvalue weighted by Gasteiger charge is -2.18. The Balaban J connectivity index is 3.95. The smallest absolute Gasteiger partial charge is 0.472 e. The van der Waals surface area contributed by atoms with Crippen LogP contribution in [0.4, 0.5) is 0 Å². The first kappa shape index (κ1) is 50.0. The number of aliphatic hydroxyl groups is 1. The molecule has 12 heteroatoms. The second-order valence-electron chi connectivity index (χ2n) is 13.8. The SMILES string of the molecule is CCCC/C=C\CCCCCCCC(=O)OCC(O)COP(=O)(O)OCC(NC(=O)CCCCCCCCC/C=C\CCCCCCCC)C(=O)O. The summed E-state index contributed by atoms with van der Waals surface area (Å²) in [5.74, 6) is -2.39. The van der Waals surface area contributed by atoms with Gasteiger partial charge in [0.1, 0.15) is 12.7 Å². The van der Waals surface area contributed by atoms with Crippen LogP contribution in [-0.4, -0.2) is 64.9 Å². The molecule has 0 rings (SSSR count). The Morgan fingerprint density at radius 1 is 0.596 bits per heavy atom. The highest BCUT2D eigenvalue weighted by Crippen LogP contribution is 2.43. The monoisotopic (exact) mass is 760 g/mol. The molecule has 52 heavy (non-hydrogen) atoms. The zero-order valence-corrected chi connectivity index (χ0v) is 33.5. The number of amides is 1. The highest BCUT2D eigenvalue weighted by Gasteiger charge is 2.28. The first-order valence-corrected chi connectivity index (χ1v) is 21.9. The first-order chi connectivity index (χ1) is 25.1. The van der Waals surface area contributed by atoms with Gasteiger partial charge < -0.3 is 25.2 Å². The summed E-state index contributed by atoms with van der Waals surface area (Å²) in [5, 5.41) is 21.8. The molecule has 0 saturated carbocycles. The lowest BCUT2D eigenvalue weighted by Crippen LogP contribution is -2.43. The number of phosphoric ester groups is 1. The molecule has 0 aliphatic heterocycles. The van der Waals surface area contributed by atoms with E-state index >= 15 is 0 Å². The maximum absolute atomic E-state index is 12.3. The number of hydrogen-bond acceptors (Lipinski definition) is 8. The topological polar surface area (TPSA) is 169 Å². The fourth-order valence-corrected chi connectivity index (χ4v) is 6.24. The second kappa shape index (κ2) is 36.0. The lowest BCUT2D eigenvalue weighted by atomic mass is 10.1. The zero-order valence-electron chi connectivity index (χ0n) is 32.6.